The van der Waals surface area contributed by atoms with Crippen LogP contribution in [0.1, 0.15) is 72.0 Å². The van der Waals surface area contributed by atoms with Gasteiger partial charge in [-0.25, -0.2) is 0 Å². The van der Waals surface area contributed by atoms with Gasteiger partial charge in [-0.05, 0) is 73.2 Å². The number of hydrogen-bond donors (Lipinski definition) is 4. The SMILES string of the molecule is CCOC(=O)C[C@H](CC(=O)CNC(=O)c1cc(O)cc(CC2=NCC(O)CN2)c1)c1cc(Cl)cc(C2(C#N)CCC2)c1. The number of rotatable bonds is 12. The van der Waals surface area contributed by atoms with Crippen molar-refractivity contribution in [1.29, 1.82) is 5.26 Å². The summed E-state index contributed by atoms with van der Waals surface area (Å²) in [6.45, 7) is 2.27. The lowest BCUT2D eigenvalue weighted by Gasteiger charge is -2.36. The maximum absolute atomic E-state index is 13.1. The van der Waals surface area contributed by atoms with E-state index in [4.69, 9.17) is 16.3 Å². The largest absolute Gasteiger partial charge is 0.508 e. The fourth-order valence-corrected chi connectivity index (χ4v) is 5.51. The molecule has 1 aliphatic carbocycles. The van der Waals surface area contributed by atoms with E-state index in [0.29, 0.717) is 35.0 Å². The van der Waals surface area contributed by atoms with Crippen LogP contribution in [-0.2, 0) is 26.2 Å². The first-order valence-electron chi connectivity index (χ1n) is 14.1. The molecule has 1 heterocycles. The topological polar surface area (TPSA) is 161 Å². The van der Waals surface area contributed by atoms with Gasteiger partial charge < -0.3 is 25.6 Å². The number of aliphatic hydroxyl groups is 1. The minimum absolute atomic E-state index is 0.0545. The number of aliphatic imine (C=N–C) groups is 1. The summed E-state index contributed by atoms with van der Waals surface area (Å²) in [6, 6.07) is 12.2. The minimum atomic E-state index is -0.618. The van der Waals surface area contributed by atoms with Crippen molar-refractivity contribution in [2.75, 3.05) is 26.2 Å². The molecule has 222 valence electrons. The summed E-state index contributed by atoms with van der Waals surface area (Å²) in [7, 11) is 0. The number of hydrogen-bond acceptors (Lipinski definition) is 9. The number of benzene rings is 2. The van der Waals surface area contributed by atoms with Gasteiger partial charge in [-0.1, -0.05) is 17.7 Å². The second-order valence-corrected chi connectivity index (χ2v) is 11.3. The number of halogens is 1. The minimum Gasteiger partial charge on any atom is -0.508 e. The fourth-order valence-electron chi connectivity index (χ4n) is 5.27. The third kappa shape index (κ3) is 7.87. The van der Waals surface area contributed by atoms with Crippen molar-refractivity contribution in [3.8, 4) is 11.8 Å². The molecular weight excluding hydrogens is 560 g/mol. The zero-order chi connectivity index (χ0) is 30.3. The molecule has 0 spiro atoms. The first-order valence-corrected chi connectivity index (χ1v) is 14.4. The van der Waals surface area contributed by atoms with Crippen LogP contribution >= 0.6 is 11.6 Å². The summed E-state index contributed by atoms with van der Waals surface area (Å²) >= 11 is 6.43. The lowest BCUT2D eigenvalue weighted by molar-refractivity contribution is -0.143. The van der Waals surface area contributed by atoms with E-state index in [1.807, 2.05) is 6.07 Å². The number of β-amino-alcohol motifs (C(OH)–C–C–N with tert-alkyl or cyclic N) is 1. The van der Waals surface area contributed by atoms with E-state index in [9.17, 15) is 29.9 Å². The molecule has 2 atom stereocenters. The molecule has 0 radical (unpaired) electrons. The maximum Gasteiger partial charge on any atom is 0.306 e. The van der Waals surface area contributed by atoms with Crippen LogP contribution in [0.5, 0.6) is 5.75 Å². The van der Waals surface area contributed by atoms with E-state index < -0.39 is 29.3 Å². The Morgan fingerprint density at radius 2 is 2.00 bits per heavy atom. The van der Waals surface area contributed by atoms with Crippen molar-refractivity contribution >= 4 is 35.1 Å². The fraction of sp³-hybridized carbons (Fsp3) is 0.452. The predicted molar refractivity (Wildman–Crippen MR) is 157 cm³/mol. The Balaban J connectivity index is 1.44. The number of phenols is 1. The Kier molecular flexibility index (Phi) is 10.2. The first-order chi connectivity index (χ1) is 20.1. The molecule has 4 N–H and O–H groups in total. The molecule has 10 nitrogen and oxygen atoms in total. The van der Waals surface area contributed by atoms with Gasteiger partial charge in [0.05, 0.1) is 43.7 Å². The number of Topliss-reactive ketones (excluding diaryl/α,β-unsaturated/α-hetero) is 1. The predicted octanol–water partition coefficient (Wildman–Crippen LogP) is 3.32. The van der Waals surface area contributed by atoms with E-state index in [-0.39, 0.29) is 49.6 Å². The molecule has 1 fully saturated rings. The molecule has 11 heteroatoms. The smallest absolute Gasteiger partial charge is 0.306 e. The van der Waals surface area contributed by atoms with E-state index in [1.165, 1.54) is 12.1 Å². The molecule has 2 aromatic carbocycles. The number of carbonyl (C=O) groups excluding carboxylic acids is 3. The number of amidine groups is 1. The second-order valence-electron chi connectivity index (χ2n) is 10.8. The molecule has 2 aliphatic rings. The van der Waals surface area contributed by atoms with Crippen LogP contribution in [0.2, 0.25) is 5.02 Å². The molecule has 0 saturated heterocycles. The number of nitriles is 1. The molecule has 42 heavy (non-hydrogen) atoms. The number of phenolic OH excluding ortho intramolecular Hbond substituents is 1. The first kappa shape index (κ1) is 31.0. The van der Waals surface area contributed by atoms with Crippen molar-refractivity contribution in [1.82, 2.24) is 10.6 Å². The maximum atomic E-state index is 13.1. The van der Waals surface area contributed by atoms with E-state index in [1.54, 1.807) is 25.1 Å². The van der Waals surface area contributed by atoms with Crippen molar-refractivity contribution < 1.29 is 29.3 Å². The van der Waals surface area contributed by atoms with Crippen LogP contribution < -0.4 is 10.6 Å². The van der Waals surface area contributed by atoms with Gasteiger partial charge >= 0.3 is 5.97 Å². The van der Waals surface area contributed by atoms with E-state index >= 15 is 0 Å². The summed E-state index contributed by atoms with van der Waals surface area (Å²) in [4.78, 5) is 42.7. The Morgan fingerprint density at radius 1 is 1.21 bits per heavy atom. The van der Waals surface area contributed by atoms with Gasteiger partial charge in [0.2, 0.25) is 0 Å². The molecule has 1 unspecified atom stereocenters. The zero-order valence-corrected chi connectivity index (χ0v) is 24.2. The standard InChI is InChI=1S/C31H35ClN4O6/c1-2-42-29(40)13-21(20-9-23(14-24(32)10-20)31(18-33)4-3-5-31)11-26(38)15-36-30(41)22-6-19(7-25(37)12-22)8-28-34-16-27(39)17-35-28/h6-7,9-10,12,14,21,27,37,39H,2-5,8,11,13,15-17H2,1H3,(H,34,35)(H,36,41)/t21-/m0/s1. The monoisotopic (exact) mass is 594 g/mol. The van der Waals surface area contributed by atoms with Gasteiger partial charge in [0.25, 0.3) is 5.91 Å². The Labute approximate surface area is 249 Å². The number of aromatic hydroxyl groups is 1. The average molecular weight is 595 g/mol. The zero-order valence-electron chi connectivity index (χ0n) is 23.5. The summed E-state index contributed by atoms with van der Waals surface area (Å²) in [6.07, 6.45) is 2.06. The van der Waals surface area contributed by atoms with Crippen LogP contribution in [0.25, 0.3) is 0 Å². The van der Waals surface area contributed by atoms with E-state index in [0.717, 1.165) is 24.8 Å². The molecular formula is C31H35ClN4O6. The van der Waals surface area contributed by atoms with Crippen LogP contribution in [0.15, 0.2) is 41.4 Å². The van der Waals surface area contributed by atoms with Crippen LogP contribution in [0, 0.1) is 11.3 Å². The van der Waals surface area contributed by atoms with Gasteiger partial charge in [-0.3, -0.25) is 19.4 Å². The Morgan fingerprint density at radius 3 is 2.64 bits per heavy atom. The van der Waals surface area contributed by atoms with Crippen LogP contribution in [-0.4, -0.2) is 66.1 Å². The van der Waals surface area contributed by atoms with Gasteiger partial charge in [-0.15, -0.1) is 0 Å². The third-order valence-electron chi connectivity index (χ3n) is 7.65. The summed E-state index contributed by atoms with van der Waals surface area (Å²) in [5, 5.41) is 35.6. The van der Waals surface area contributed by atoms with Crippen molar-refractivity contribution in [2.45, 2.75) is 62.9 Å². The van der Waals surface area contributed by atoms with E-state index in [2.05, 4.69) is 21.7 Å². The summed E-state index contributed by atoms with van der Waals surface area (Å²) < 4.78 is 5.14. The number of nitrogens with one attached hydrogen (secondary N) is 2. The second kappa shape index (κ2) is 13.8. The van der Waals surface area contributed by atoms with Crippen LogP contribution in [0.3, 0.4) is 0 Å². The Bertz CT molecular complexity index is 1410. The van der Waals surface area contributed by atoms with Crippen molar-refractivity contribution in [3.05, 3.63) is 63.7 Å². The molecule has 1 amide bonds. The lowest BCUT2D eigenvalue weighted by Crippen LogP contribution is -2.39. The summed E-state index contributed by atoms with van der Waals surface area (Å²) in [5.41, 5.74) is 1.64. The molecule has 4 rings (SSSR count). The number of aliphatic hydroxyl groups excluding tert-OH is 1. The van der Waals surface area contributed by atoms with Gasteiger partial charge in [0, 0.05) is 35.9 Å². The van der Waals surface area contributed by atoms with Crippen molar-refractivity contribution in [2.24, 2.45) is 4.99 Å². The lowest BCUT2D eigenvalue weighted by atomic mass is 9.65. The number of carbonyl (C=O) groups is 3. The number of ether oxygens (including phenoxy) is 1. The highest BCUT2D eigenvalue weighted by atomic mass is 35.5. The summed E-state index contributed by atoms with van der Waals surface area (Å²) in [5.74, 6) is -1.33. The van der Waals surface area contributed by atoms with Crippen molar-refractivity contribution in [3.63, 3.8) is 0 Å². The molecule has 2 aromatic rings. The molecule has 1 saturated carbocycles. The van der Waals surface area contributed by atoms with Gasteiger partial charge in [-0.2, -0.15) is 5.26 Å². The molecule has 0 bridgehead atoms. The highest BCUT2D eigenvalue weighted by Gasteiger charge is 2.39. The average Bonchev–Trinajstić information content (AvgIpc) is 2.92. The number of esters is 1. The normalized spacial score (nSPS) is 18.0. The number of ketones is 1. The highest BCUT2D eigenvalue weighted by molar-refractivity contribution is 6.30. The Hall–Kier alpha value is -3.94. The van der Waals surface area contributed by atoms with Gasteiger partial charge in [0.15, 0.2) is 5.78 Å². The highest BCUT2D eigenvalue weighted by Crippen LogP contribution is 2.45. The quantitative estimate of drug-likeness (QED) is 0.272. The number of amides is 1. The van der Waals surface area contributed by atoms with Gasteiger partial charge in [0.1, 0.15) is 11.6 Å². The molecule has 1 aliphatic heterocycles. The molecule has 0 aromatic heterocycles. The number of nitrogens with zero attached hydrogens (tertiary/aromatic N) is 2. The van der Waals surface area contributed by atoms with Crippen LogP contribution in [0.4, 0.5) is 0 Å². The third-order valence-corrected chi connectivity index (χ3v) is 7.87.